The molecule has 0 aliphatic carbocycles. The number of carbonyl (C=O) groups is 2. The highest BCUT2D eigenvalue weighted by atomic mass is 16.5. The van der Waals surface area contributed by atoms with Gasteiger partial charge >= 0.3 is 0 Å². The molecule has 2 N–H and O–H groups in total. The molecule has 0 radical (unpaired) electrons. The molecular weight excluding hydrogens is 320 g/mol. The van der Waals surface area contributed by atoms with E-state index < -0.39 is 6.04 Å². The van der Waals surface area contributed by atoms with E-state index in [0.29, 0.717) is 26.2 Å². The third kappa shape index (κ3) is 3.24. The van der Waals surface area contributed by atoms with Gasteiger partial charge in [0.15, 0.2) is 0 Å². The molecule has 2 amide bonds. The molecule has 1 atom stereocenters. The molecule has 0 bridgehead atoms. The van der Waals surface area contributed by atoms with Crippen molar-refractivity contribution in [3.05, 3.63) is 30.1 Å². The molecule has 2 aliphatic rings. The van der Waals surface area contributed by atoms with E-state index in [2.05, 4.69) is 15.3 Å². The van der Waals surface area contributed by atoms with Gasteiger partial charge in [-0.05, 0) is 37.0 Å². The SMILES string of the molecule is O=C(Cc1c[nH]c2ncccc12)NC1CCN(C2CCOCC2)C1=O. The average Bonchev–Trinajstić information content (AvgIpc) is 3.20. The smallest absolute Gasteiger partial charge is 0.245 e. The van der Waals surface area contributed by atoms with Gasteiger partial charge in [0.25, 0.3) is 0 Å². The van der Waals surface area contributed by atoms with Crippen molar-refractivity contribution in [3.8, 4) is 0 Å². The van der Waals surface area contributed by atoms with Gasteiger partial charge in [0, 0.05) is 43.6 Å². The third-order valence-corrected chi connectivity index (χ3v) is 5.09. The van der Waals surface area contributed by atoms with Crippen molar-refractivity contribution >= 4 is 22.8 Å². The molecule has 4 heterocycles. The molecule has 7 heteroatoms. The summed E-state index contributed by atoms with van der Waals surface area (Å²) in [4.78, 5) is 34.2. The van der Waals surface area contributed by atoms with E-state index in [0.717, 1.165) is 29.4 Å². The quantitative estimate of drug-likeness (QED) is 0.868. The lowest BCUT2D eigenvalue weighted by atomic mass is 10.1. The van der Waals surface area contributed by atoms with Crippen LogP contribution in [0, 0.1) is 0 Å². The monoisotopic (exact) mass is 342 g/mol. The summed E-state index contributed by atoms with van der Waals surface area (Å²) in [5.74, 6) is -0.0854. The molecule has 2 aliphatic heterocycles. The predicted octanol–water partition coefficient (Wildman–Crippen LogP) is 1.00. The summed E-state index contributed by atoms with van der Waals surface area (Å²) >= 11 is 0. The van der Waals surface area contributed by atoms with E-state index in [1.807, 2.05) is 23.2 Å². The number of aromatic nitrogens is 2. The largest absolute Gasteiger partial charge is 0.381 e. The Kier molecular flexibility index (Phi) is 4.40. The second-order valence-electron chi connectivity index (χ2n) is 6.67. The second-order valence-corrected chi connectivity index (χ2v) is 6.67. The second kappa shape index (κ2) is 6.84. The number of rotatable bonds is 4. The lowest BCUT2D eigenvalue weighted by Gasteiger charge is -2.31. The first kappa shape index (κ1) is 16.1. The first-order valence-electron chi connectivity index (χ1n) is 8.81. The maximum atomic E-state index is 12.6. The highest BCUT2D eigenvalue weighted by Crippen LogP contribution is 2.22. The molecule has 0 spiro atoms. The van der Waals surface area contributed by atoms with Gasteiger partial charge in [-0.1, -0.05) is 0 Å². The number of nitrogens with one attached hydrogen (secondary N) is 2. The fourth-order valence-electron chi connectivity index (χ4n) is 3.77. The number of likely N-dealkylation sites (tertiary alicyclic amines) is 1. The van der Waals surface area contributed by atoms with Crippen LogP contribution in [-0.2, 0) is 20.7 Å². The van der Waals surface area contributed by atoms with Crippen LogP contribution in [0.25, 0.3) is 11.0 Å². The van der Waals surface area contributed by atoms with Gasteiger partial charge < -0.3 is 19.9 Å². The fourth-order valence-corrected chi connectivity index (χ4v) is 3.77. The van der Waals surface area contributed by atoms with Crippen molar-refractivity contribution in [1.29, 1.82) is 0 Å². The van der Waals surface area contributed by atoms with Gasteiger partial charge in [0.05, 0.1) is 6.42 Å². The Hall–Kier alpha value is -2.41. The van der Waals surface area contributed by atoms with E-state index in [1.54, 1.807) is 6.20 Å². The number of ether oxygens (including phenoxy) is 1. The molecule has 2 fully saturated rings. The van der Waals surface area contributed by atoms with Crippen LogP contribution in [0.1, 0.15) is 24.8 Å². The van der Waals surface area contributed by atoms with Crippen LogP contribution in [0.2, 0.25) is 0 Å². The van der Waals surface area contributed by atoms with E-state index >= 15 is 0 Å². The normalized spacial score (nSPS) is 21.8. The molecule has 2 aromatic rings. The van der Waals surface area contributed by atoms with Crippen LogP contribution in [0.4, 0.5) is 0 Å². The van der Waals surface area contributed by atoms with Gasteiger partial charge in [-0.25, -0.2) is 4.98 Å². The third-order valence-electron chi connectivity index (χ3n) is 5.09. The summed E-state index contributed by atoms with van der Waals surface area (Å²) in [7, 11) is 0. The van der Waals surface area contributed by atoms with Crippen LogP contribution >= 0.6 is 0 Å². The molecule has 0 saturated carbocycles. The standard InChI is InChI=1S/C18H22N4O3/c23-16(10-12-11-20-17-14(12)2-1-6-19-17)21-15-3-7-22(18(15)24)13-4-8-25-9-5-13/h1-2,6,11,13,15H,3-5,7-10H2,(H,19,20)(H,21,23). The molecule has 2 aromatic heterocycles. The van der Waals surface area contributed by atoms with E-state index in [-0.39, 0.29) is 24.3 Å². The number of pyridine rings is 1. The zero-order chi connectivity index (χ0) is 17.2. The van der Waals surface area contributed by atoms with Crippen molar-refractivity contribution in [3.63, 3.8) is 0 Å². The minimum absolute atomic E-state index is 0.0424. The molecule has 4 rings (SSSR count). The summed E-state index contributed by atoms with van der Waals surface area (Å²) in [5.41, 5.74) is 1.67. The maximum absolute atomic E-state index is 12.6. The van der Waals surface area contributed by atoms with Gasteiger partial charge in [-0.15, -0.1) is 0 Å². The summed E-state index contributed by atoms with van der Waals surface area (Å²) in [6.07, 6.45) is 6.21. The van der Waals surface area contributed by atoms with Gasteiger partial charge in [-0.2, -0.15) is 0 Å². The number of fused-ring (bicyclic) bond motifs is 1. The Labute approximate surface area is 145 Å². The molecule has 132 valence electrons. The van der Waals surface area contributed by atoms with E-state index in [1.165, 1.54) is 0 Å². The van der Waals surface area contributed by atoms with Crippen molar-refractivity contribution in [2.24, 2.45) is 0 Å². The Morgan fingerprint density at radius 3 is 3.04 bits per heavy atom. The summed E-state index contributed by atoms with van der Waals surface area (Å²) in [6, 6.07) is 3.64. The first-order chi connectivity index (χ1) is 12.2. The van der Waals surface area contributed by atoms with Crippen LogP contribution in [0.15, 0.2) is 24.5 Å². The summed E-state index contributed by atoms with van der Waals surface area (Å²) in [5, 5.41) is 3.85. The topological polar surface area (TPSA) is 87.3 Å². The van der Waals surface area contributed by atoms with Crippen LogP contribution in [0.3, 0.4) is 0 Å². The highest BCUT2D eigenvalue weighted by Gasteiger charge is 2.37. The Bertz CT molecular complexity index is 781. The highest BCUT2D eigenvalue weighted by molar-refractivity contribution is 5.92. The number of amides is 2. The number of hydrogen-bond donors (Lipinski definition) is 2. The minimum Gasteiger partial charge on any atom is -0.381 e. The molecule has 0 aromatic carbocycles. The number of aromatic amines is 1. The Morgan fingerprint density at radius 2 is 2.20 bits per heavy atom. The predicted molar refractivity (Wildman–Crippen MR) is 91.9 cm³/mol. The average molecular weight is 342 g/mol. The summed E-state index contributed by atoms with van der Waals surface area (Å²) in [6.45, 7) is 2.13. The number of hydrogen-bond acceptors (Lipinski definition) is 4. The molecular formula is C18H22N4O3. The van der Waals surface area contributed by atoms with Crippen molar-refractivity contribution in [1.82, 2.24) is 20.2 Å². The molecule has 25 heavy (non-hydrogen) atoms. The zero-order valence-corrected chi connectivity index (χ0v) is 14.0. The zero-order valence-electron chi connectivity index (χ0n) is 14.0. The molecule has 1 unspecified atom stereocenters. The Morgan fingerprint density at radius 1 is 1.36 bits per heavy atom. The Balaban J connectivity index is 1.37. The lowest BCUT2D eigenvalue weighted by Crippen LogP contribution is -2.46. The van der Waals surface area contributed by atoms with Gasteiger partial charge in [-0.3, -0.25) is 9.59 Å². The minimum atomic E-state index is -0.404. The molecule has 2 saturated heterocycles. The van der Waals surface area contributed by atoms with Gasteiger partial charge in [0.2, 0.25) is 11.8 Å². The van der Waals surface area contributed by atoms with Crippen molar-refractivity contribution in [2.45, 2.75) is 37.8 Å². The van der Waals surface area contributed by atoms with Crippen molar-refractivity contribution < 1.29 is 14.3 Å². The molecule has 7 nitrogen and oxygen atoms in total. The summed E-state index contributed by atoms with van der Waals surface area (Å²) < 4.78 is 5.36. The number of carbonyl (C=O) groups excluding carboxylic acids is 2. The maximum Gasteiger partial charge on any atom is 0.245 e. The van der Waals surface area contributed by atoms with Crippen LogP contribution < -0.4 is 5.32 Å². The van der Waals surface area contributed by atoms with E-state index in [9.17, 15) is 9.59 Å². The van der Waals surface area contributed by atoms with Crippen LogP contribution in [-0.4, -0.2) is 58.5 Å². The number of nitrogens with zero attached hydrogens (tertiary/aromatic N) is 2. The van der Waals surface area contributed by atoms with Gasteiger partial charge in [0.1, 0.15) is 11.7 Å². The lowest BCUT2D eigenvalue weighted by molar-refractivity contribution is -0.135. The van der Waals surface area contributed by atoms with Crippen LogP contribution in [0.5, 0.6) is 0 Å². The van der Waals surface area contributed by atoms with E-state index in [4.69, 9.17) is 4.74 Å². The van der Waals surface area contributed by atoms with Crippen molar-refractivity contribution in [2.75, 3.05) is 19.8 Å². The fraction of sp³-hybridized carbons (Fsp3) is 0.500. The first-order valence-corrected chi connectivity index (χ1v) is 8.81. The number of H-pyrrole nitrogens is 1.